The molecule has 0 radical (unpaired) electrons. The lowest BCUT2D eigenvalue weighted by Crippen LogP contribution is -2.35. The second-order valence-corrected chi connectivity index (χ2v) is 5.95. The summed E-state index contributed by atoms with van der Waals surface area (Å²) in [5.41, 5.74) is 0.488. The molecule has 0 aromatic heterocycles. The molecule has 120 valence electrons. The van der Waals surface area contributed by atoms with Gasteiger partial charge in [-0.3, -0.25) is 0 Å². The fourth-order valence-corrected chi connectivity index (χ4v) is 2.85. The number of esters is 1. The minimum atomic E-state index is -0.739. The highest BCUT2D eigenvalue weighted by molar-refractivity contribution is 5.89. The summed E-state index contributed by atoms with van der Waals surface area (Å²) < 4.78 is 22.4. The Labute approximate surface area is 128 Å². The average Bonchev–Trinajstić information content (AvgIpc) is 2.97. The molecule has 0 saturated carbocycles. The average molecular weight is 308 g/mol. The SMILES string of the molecule is CC1(C)O[C@H]2O[C@H](CO)[C@@H](COC(=O)c3ccccc3)[C@H]2O1. The number of aliphatic hydroxyl groups is 1. The minimum absolute atomic E-state index is 0.111. The van der Waals surface area contributed by atoms with Crippen molar-refractivity contribution in [2.75, 3.05) is 13.2 Å². The summed E-state index contributed by atoms with van der Waals surface area (Å²) in [6, 6.07) is 8.77. The number of benzene rings is 1. The topological polar surface area (TPSA) is 74.2 Å². The third-order valence-electron chi connectivity index (χ3n) is 3.89. The van der Waals surface area contributed by atoms with Crippen LogP contribution in [-0.4, -0.2) is 48.6 Å². The van der Waals surface area contributed by atoms with Crippen molar-refractivity contribution < 1.29 is 28.8 Å². The monoisotopic (exact) mass is 308 g/mol. The smallest absolute Gasteiger partial charge is 0.338 e. The van der Waals surface area contributed by atoms with Gasteiger partial charge in [-0.25, -0.2) is 4.79 Å². The Balaban J connectivity index is 1.64. The van der Waals surface area contributed by atoms with Gasteiger partial charge in [-0.05, 0) is 26.0 Å². The first kappa shape index (κ1) is 15.4. The van der Waals surface area contributed by atoms with Crippen molar-refractivity contribution in [1.29, 1.82) is 0 Å². The Morgan fingerprint density at radius 2 is 2.00 bits per heavy atom. The van der Waals surface area contributed by atoms with E-state index in [1.165, 1.54) is 0 Å². The van der Waals surface area contributed by atoms with Crippen molar-refractivity contribution in [3.8, 4) is 0 Å². The van der Waals surface area contributed by atoms with E-state index in [1.807, 2.05) is 6.07 Å². The van der Waals surface area contributed by atoms with E-state index < -0.39 is 24.2 Å². The first-order valence-corrected chi connectivity index (χ1v) is 7.34. The van der Waals surface area contributed by atoms with E-state index in [-0.39, 0.29) is 25.2 Å². The maximum atomic E-state index is 12.0. The normalized spacial score (nSPS) is 32.7. The van der Waals surface area contributed by atoms with E-state index in [0.717, 1.165) is 0 Å². The fraction of sp³-hybridized carbons (Fsp3) is 0.562. The van der Waals surface area contributed by atoms with E-state index >= 15 is 0 Å². The molecule has 22 heavy (non-hydrogen) atoms. The number of rotatable bonds is 4. The molecule has 0 bridgehead atoms. The maximum absolute atomic E-state index is 12.0. The molecule has 3 rings (SSSR count). The number of fused-ring (bicyclic) bond motifs is 1. The molecular weight excluding hydrogens is 288 g/mol. The number of carbonyl (C=O) groups is 1. The van der Waals surface area contributed by atoms with Crippen LogP contribution in [0.15, 0.2) is 30.3 Å². The highest BCUT2D eigenvalue weighted by atomic mass is 16.8. The molecule has 2 aliphatic rings. The Morgan fingerprint density at radius 1 is 1.27 bits per heavy atom. The summed E-state index contributed by atoms with van der Waals surface area (Å²) in [6.45, 7) is 3.54. The van der Waals surface area contributed by atoms with Crippen LogP contribution in [-0.2, 0) is 18.9 Å². The van der Waals surface area contributed by atoms with Crippen molar-refractivity contribution in [1.82, 2.24) is 0 Å². The van der Waals surface area contributed by atoms with Crippen LogP contribution in [0.1, 0.15) is 24.2 Å². The van der Waals surface area contributed by atoms with Crippen molar-refractivity contribution >= 4 is 5.97 Å². The molecule has 0 amide bonds. The number of carbonyl (C=O) groups excluding carboxylic acids is 1. The van der Waals surface area contributed by atoms with Crippen LogP contribution in [0.2, 0.25) is 0 Å². The van der Waals surface area contributed by atoms with Gasteiger partial charge in [0.2, 0.25) is 0 Å². The van der Waals surface area contributed by atoms with Gasteiger partial charge in [-0.1, -0.05) is 18.2 Å². The predicted molar refractivity (Wildman–Crippen MR) is 76.0 cm³/mol. The molecule has 2 saturated heterocycles. The second kappa shape index (κ2) is 5.96. The maximum Gasteiger partial charge on any atom is 0.338 e. The van der Waals surface area contributed by atoms with E-state index in [2.05, 4.69) is 0 Å². The zero-order valence-corrected chi connectivity index (χ0v) is 12.6. The quantitative estimate of drug-likeness (QED) is 0.846. The molecule has 2 heterocycles. The van der Waals surface area contributed by atoms with Crippen molar-refractivity contribution in [3.63, 3.8) is 0 Å². The van der Waals surface area contributed by atoms with Crippen LogP contribution in [0.4, 0.5) is 0 Å². The molecule has 4 atom stereocenters. The van der Waals surface area contributed by atoms with Gasteiger partial charge in [-0.2, -0.15) is 0 Å². The molecule has 0 spiro atoms. The molecule has 0 aliphatic carbocycles. The summed E-state index contributed by atoms with van der Waals surface area (Å²) in [6.07, 6.45) is -1.35. The van der Waals surface area contributed by atoms with Crippen molar-refractivity contribution in [3.05, 3.63) is 35.9 Å². The number of ether oxygens (including phenoxy) is 4. The lowest BCUT2D eigenvalue weighted by molar-refractivity contribution is -0.214. The van der Waals surface area contributed by atoms with Gasteiger partial charge in [0.25, 0.3) is 0 Å². The Morgan fingerprint density at radius 3 is 2.68 bits per heavy atom. The second-order valence-electron chi connectivity index (χ2n) is 5.95. The highest BCUT2D eigenvalue weighted by Gasteiger charge is 2.54. The Kier molecular flexibility index (Phi) is 4.18. The molecule has 6 nitrogen and oxygen atoms in total. The van der Waals surface area contributed by atoms with Gasteiger partial charge in [0, 0.05) is 0 Å². The van der Waals surface area contributed by atoms with Crippen LogP contribution in [0.3, 0.4) is 0 Å². The Hall–Kier alpha value is -1.47. The van der Waals surface area contributed by atoms with Crippen LogP contribution in [0.5, 0.6) is 0 Å². The number of hydrogen-bond acceptors (Lipinski definition) is 6. The third-order valence-corrected chi connectivity index (χ3v) is 3.89. The number of aliphatic hydroxyl groups excluding tert-OH is 1. The molecule has 2 fully saturated rings. The fourth-order valence-electron chi connectivity index (χ4n) is 2.85. The predicted octanol–water partition coefficient (Wildman–Crippen LogP) is 1.33. The minimum Gasteiger partial charge on any atom is -0.462 e. The molecule has 2 aliphatic heterocycles. The molecule has 6 heteroatoms. The zero-order valence-electron chi connectivity index (χ0n) is 12.6. The zero-order chi connectivity index (χ0) is 15.7. The molecule has 0 unspecified atom stereocenters. The van der Waals surface area contributed by atoms with Gasteiger partial charge >= 0.3 is 5.97 Å². The van der Waals surface area contributed by atoms with Gasteiger partial charge in [0.1, 0.15) is 6.10 Å². The standard InChI is InChI=1S/C16H20O6/c1-16(2)21-13-11(12(8-17)20-15(13)22-16)9-19-14(18)10-6-4-3-5-7-10/h3-7,11-13,15,17H,8-9H2,1-2H3/t11-,12-,13-,15-/m1/s1. The van der Waals surface area contributed by atoms with Crippen LogP contribution in [0.25, 0.3) is 0 Å². The van der Waals surface area contributed by atoms with Crippen LogP contribution in [0, 0.1) is 5.92 Å². The summed E-state index contributed by atoms with van der Waals surface area (Å²) in [5, 5.41) is 9.43. The molecule has 1 aromatic carbocycles. The van der Waals surface area contributed by atoms with E-state index in [9.17, 15) is 9.90 Å². The lowest BCUT2D eigenvalue weighted by Gasteiger charge is -2.24. The summed E-state index contributed by atoms with van der Waals surface area (Å²) >= 11 is 0. The lowest BCUT2D eigenvalue weighted by atomic mass is 10.00. The van der Waals surface area contributed by atoms with E-state index in [4.69, 9.17) is 18.9 Å². The summed E-state index contributed by atoms with van der Waals surface area (Å²) in [7, 11) is 0. The molecule has 1 N–H and O–H groups in total. The highest BCUT2D eigenvalue weighted by Crippen LogP contribution is 2.40. The van der Waals surface area contributed by atoms with Gasteiger partial charge in [0.05, 0.1) is 30.8 Å². The Bertz CT molecular complexity index is 529. The third kappa shape index (κ3) is 3.01. The molecular formula is C16H20O6. The van der Waals surface area contributed by atoms with Gasteiger partial charge < -0.3 is 24.1 Å². The van der Waals surface area contributed by atoms with Crippen LogP contribution >= 0.6 is 0 Å². The first-order chi connectivity index (χ1) is 10.5. The van der Waals surface area contributed by atoms with Gasteiger partial charge in [0.15, 0.2) is 12.1 Å². The van der Waals surface area contributed by atoms with Crippen molar-refractivity contribution in [2.24, 2.45) is 5.92 Å². The largest absolute Gasteiger partial charge is 0.462 e. The summed E-state index contributed by atoms with van der Waals surface area (Å²) in [4.78, 5) is 12.0. The van der Waals surface area contributed by atoms with Crippen molar-refractivity contribution in [2.45, 2.75) is 38.1 Å². The first-order valence-electron chi connectivity index (χ1n) is 7.34. The van der Waals surface area contributed by atoms with Gasteiger partial charge in [-0.15, -0.1) is 0 Å². The summed E-state index contributed by atoms with van der Waals surface area (Å²) in [5.74, 6) is -1.40. The van der Waals surface area contributed by atoms with E-state index in [0.29, 0.717) is 5.56 Å². The molecule has 1 aromatic rings. The van der Waals surface area contributed by atoms with Crippen LogP contribution < -0.4 is 0 Å². The number of hydrogen-bond donors (Lipinski definition) is 1. The van der Waals surface area contributed by atoms with E-state index in [1.54, 1.807) is 38.1 Å².